The SMILES string of the molecule is C.CC(C)(C)c1ncn[nH]1.CC(C)(C)c1nn[nH]n1. The number of aromatic nitrogens is 7. The van der Waals surface area contributed by atoms with Gasteiger partial charge in [0.15, 0.2) is 5.82 Å². The number of rotatable bonds is 0. The molecule has 0 saturated carbocycles. The summed E-state index contributed by atoms with van der Waals surface area (Å²) in [6, 6.07) is 0. The van der Waals surface area contributed by atoms with Gasteiger partial charge in [-0.1, -0.05) is 54.2 Å². The molecule has 0 aliphatic carbocycles. The Morgan fingerprint density at radius 2 is 1.63 bits per heavy atom. The van der Waals surface area contributed by atoms with Crippen LogP contribution in [-0.4, -0.2) is 35.8 Å². The highest BCUT2D eigenvalue weighted by Crippen LogP contribution is 2.16. The van der Waals surface area contributed by atoms with Crippen LogP contribution in [0.15, 0.2) is 6.33 Å². The first kappa shape index (κ1) is 17.2. The molecule has 0 unspecified atom stereocenters. The maximum atomic E-state index is 4.02. The summed E-state index contributed by atoms with van der Waals surface area (Å²) in [7, 11) is 0. The highest BCUT2D eigenvalue weighted by atomic mass is 15.5. The van der Waals surface area contributed by atoms with Gasteiger partial charge >= 0.3 is 0 Å². The van der Waals surface area contributed by atoms with Crippen LogP contribution < -0.4 is 0 Å². The molecule has 2 N–H and O–H groups in total. The maximum absolute atomic E-state index is 4.02. The van der Waals surface area contributed by atoms with Crippen LogP contribution in [0.25, 0.3) is 0 Å². The third kappa shape index (κ3) is 5.58. The van der Waals surface area contributed by atoms with Crippen LogP contribution in [0.2, 0.25) is 0 Å². The fourth-order valence-electron chi connectivity index (χ4n) is 1.05. The lowest BCUT2D eigenvalue weighted by Gasteiger charge is -2.12. The third-order valence-electron chi connectivity index (χ3n) is 2.14. The Balaban J connectivity index is 0.000000324. The van der Waals surface area contributed by atoms with Gasteiger partial charge in [0.1, 0.15) is 12.2 Å². The third-order valence-corrected chi connectivity index (χ3v) is 2.14. The van der Waals surface area contributed by atoms with Crippen molar-refractivity contribution in [3.8, 4) is 0 Å². The fraction of sp³-hybridized carbons (Fsp3) is 0.750. The van der Waals surface area contributed by atoms with Crippen LogP contribution in [0.3, 0.4) is 0 Å². The monoisotopic (exact) mass is 267 g/mol. The summed E-state index contributed by atoms with van der Waals surface area (Å²) < 4.78 is 0. The Kier molecular flexibility index (Phi) is 5.80. The molecule has 2 rings (SSSR count). The molecule has 0 atom stereocenters. The van der Waals surface area contributed by atoms with E-state index in [1.165, 1.54) is 6.33 Å². The lowest BCUT2D eigenvalue weighted by atomic mass is 9.96. The zero-order valence-electron chi connectivity index (χ0n) is 11.8. The second kappa shape index (κ2) is 6.40. The summed E-state index contributed by atoms with van der Waals surface area (Å²) in [6.07, 6.45) is 1.53. The van der Waals surface area contributed by atoms with Crippen LogP contribution in [0.1, 0.15) is 60.6 Å². The van der Waals surface area contributed by atoms with Crippen molar-refractivity contribution in [2.24, 2.45) is 0 Å². The molecule has 0 aromatic carbocycles. The molecule has 0 fully saturated rings. The Hall–Kier alpha value is -1.79. The van der Waals surface area contributed by atoms with Gasteiger partial charge in [-0.25, -0.2) is 4.98 Å². The Bertz CT molecular complexity index is 387. The van der Waals surface area contributed by atoms with Crippen molar-refractivity contribution < 1.29 is 0 Å². The lowest BCUT2D eigenvalue weighted by Crippen LogP contribution is -2.13. The maximum Gasteiger partial charge on any atom is 0.179 e. The van der Waals surface area contributed by atoms with Crippen molar-refractivity contribution >= 4 is 0 Å². The molecule has 7 heteroatoms. The molecule has 7 nitrogen and oxygen atoms in total. The largest absolute Gasteiger partial charge is 0.263 e. The van der Waals surface area contributed by atoms with Gasteiger partial charge < -0.3 is 0 Å². The molecule has 0 radical (unpaired) electrons. The molecular weight excluding hydrogens is 242 g/mol. The van der Waals surface area contributed by atoms with Crippen molar-refractivity contribution in [1.82, 2.24) is 35.8 Å². The second-order valence-corrected chi connectivity index (χ2v) is 6.07. The molecular formula is C12H25N7. The highest BCUT2D eigenvalue weighted by molar-refractivity contribution is 4.97. The molecule has 2 heterocycles. The van der Waals surface area contributed by atoms with E-state index in [-0.39, 0.29) is 18.3 Å². The van der Waals surface area contributed by atoms with Crippen molar-refractivity contribution in [1.29, 1.82) is 0 Å². The smallest absolute Gasteiger partial charge is 0.179 e. The van der Waals surface area contributed by atoms with E-state index >= 15 is 0 Å². The Labute approximate surface area is 114 Å². The van der Waals surface area contributed by atoms with E-state index in [2.05, 4.69) is 56.6 Å². The van der Waals surface area contributed by atoms with E-state index in [9.17, 15) is 0 Å². The number of tetrazole rings is 1. The van der Waals surface area contributed by atoms with E-state index in [1.54, 1.807) is 0 Å². The van der Waals surface area contributed by atoms with Crippen LogP contribution in [0.4, 0.5) is 0 Å². The van der Waals surface area contributed by atoms with Crippen molar-refractivity contribution in [3.05, 3.63) is 18.0 Å². The Morgan fingerprint density at radius 1 is 1.00 bits per heavy atom. The number of nitrogens with one attached hydrogen (secondary N) is 2. The van der Waals surface area contributed by atoms with Crippen LogP contribution in [0.5, 0.6) is 0 Å². The molecule has 0 amide bonds. The van der Waals surface area contributed by atoms with Gasteiger partial charge in [-0.3, -0.25) is 5.10 Å². The standard InChI is InChI=1S/C6H11N3.C5H10N4.CH4/c1-6(2,3)5-7-4-8-9-5;1-5(2,3)4-6-8-9-7-4;/h4H,1-3H3,(H,7,8,9);1-3H3,(H,6,7,8,9);1H4. The molecule has 0 saturated heterocycles. The van der Waals surface area contributed by atoms with Crippen molar-refractivity contribution in [2.45, 2.75) is 59.8 Å². The predicted octanol–water partition coefficient (Wildman–Crippen LogP) is 2.24. The van der Waals surface area contributed by atoms with E-state index in [0.29, 0.717) is 0 Å². The molecule has 2 aromatic heterocycles. The second-order valence-electron chi connectivity index (χ2n) is 6.07. The number of nitrogens with zero attached hydrogens (tertiary/aromatic N) is 5. The topological polar surface area (TPSA) is 96.0 Å². The molecule has 19 heavy (non-hydrogen) atoms. The van der Waals surface area contributed by atoms with Crippen LogP contribution in [0, 0.1) is 0 Å². The van der Waals surface area contributed by atoms with Gasteiger partial charge in [-0.2, -0.15) is 10.3 Å². The highest BCUT2D eigenvalue weighted by Gasteiger charge is 2.17. The molecule has 0 aliphatic heterocycles. The summed E-state index contributed by atoms with van der Waals surface area (Å²) in [5, 5.41) is 20.1. The fourth-order valence-corrected chi connectivity index (χ4v) is 1.05. The summed E-state index contributed by atoms with van der Waals surface area (Å²) >= 11 is 0. The number of hydrogen-bond acceptors (Lipinski definition) is 5. The zero-order valence-corrected chi connectivity index (χ0v) is 11.8. The average molecular weight is 267 g/mol. The first-order chi connectivity index (χ1) is 8.21. The van der Waals surface area contributed by atoms with Gasteiger partial charge in [0.05, 0.1) is 0 Å². The lowest BCUT2D eigenvalue weighted by molar-refractivity contribution is 0.546. The van der Waals surface area contributed by atoms with Gasteiger partial charge in [0, 0.05) is 10.8 Å². The van der Waals surface area contributed by atoms with Gasteiger partial charge in [-0.15, -0.1) is 10.2 Å². The van der Waals surface area contributed by atoms with E-state index in [0.717, 1.165) is 11.6 Å². The molecule has 0 aliphatic rings. The molecule has 108 valence electrons. The van der Waals surface area contributed by atoms with E-state index < -0.39 is 0 Å². The van der Waals surface area contributed by atoms with Crippen molar-refractivity contribution in [2.75, 3.05) is 0 Å². The number of aromatic amines is 2. The summed E-state index contributed by atoms with van der Waals surface area (Å²) in [5.41, 5.74) is 0.101. The number of hydrogen-bond donors (Lipinski definition) is 2. The zero-order chi connectivity index (χ0) is 13.8. The minimum absolute atomic E-state index is 0. The average Bonchev–Trinajstić information content (AvgIpc) is 2.91. The molecule has 2 aromatic rings. The first-order valence-electron chi connectivity index (χ1n) is 5.81. The summed E-state index contributed by atoms with van der Waals surface area (Å²) in [6.45, 7) is 12.4. The Morgan fingerprint density at radius 3 is 1.84 bits per heavy atom. The minimum Gasteiger partial charge on any atom is -0.263 e. The van der Waals surface area contributed by atoms with E-state index in [4.69, 9.17) is 0 Å². The van der Waals surface area contributed by atoms with Crippen LogP contribution in [-0.2, 0) is 10.8 Å². The van der Waals surface area contributed by atoms with E-state index in [1.807, 2.05) is 20.8 Å². The number of H-pyrrole nitrogens is 2. The molecule has 0 spiro atoms. The predicted molar refractivity (Wildman–Crippen MR) is 74.7 cm³/mol. The molecule has 0 bridgehead atoms. The summed E-state index contributed by atoms with van der Waals surface area (Å²) in [5.74, 6) is 1.69. The minimum atomic E-state index is 0. The van der Waals surface area contributed by atoms with Gasteiger partial charge in [0.2, 0.25) is 0 Å². The summed E-state index contributed by atoms with van der Waals surface area (Å²) in [4.78, 5) is 4.02. The van der Waals surface area contributed by atoms with Gasteiger partial charge in [-0.05, 0) is 0 Å². The quantitative estimate of drug-likeness (QED) is 0.763. The van der Waals surface area contributed by atoms with Crippen molar-refractivity contribution in [3.63, 3.8) is 0 Å². The normalized spacial score (nSPS) is 11.3. The van der Waals surface area contributed by atoms with Crippen LogP contribution >= 0.6 is 0 Å². The van der Waals surface area contributed by atoms with Gasteiger partial charge in [0.25, 0.3) is 0 Å². The first-order valence-corrected chi connectivity index (χ1v) is 5.81.